The van der Waals surface area contributed by atoms with Crippen LogP contribution in [0.1, 0.15) is 24.5 Å². The Morgan fingerprint density at radius 3 is 2.72 bits per heavy atom. The lowest BCUT2D eigenvalue weighted by Gasteiger charge is -2.17. The summed E-state index contributed by atoms with van der Waals surface area (Å²) in [4.78, 5) is 4.16. The van der Waals surface area contributed by atoms with Crippen molar-refractivity contribution in [2.24, 2.45) is 12.0 Å². The fourth-order valence-corrected chi connectivity index (χ4v) is 2.69. The van der Waals surface area contributed by atoms with Crippen LogP contribution in [0.25, 0.3) is 0 Å². The molecule has 29 heavy (non-hydrogen) atoms. The number of halogens is 3. The molecule has 0 aliphatic carbocycles. The Hall–Kier alpha value is -2.11. The van der Waals surface area contributed by atoms with Crippen LogP contribution < -0.4 is 20.1 Å². The predicted molar refractivity (Wildman–Crippen MR) is 119 cm³/mol. The van der Waals surface area contributed by atoms with Gasteiger partial charge >= 0.3 is 6.61 Å². The molecule has 1 aromatic heterocycles. The molecule has 0 amide bonds. The normalized spacial score (nSPS) is 11.2. The van der Waals surface area contributed by atoms with Crippen molar-refractivity contribution in [2.45, 2.75) is 32.9 Å². The number of rotatable bonds is 10. The van der Waals surface area contributed by atoms with Crippen molar-refractivity contribution in [1.82, 2.24) is 20.4 Å². The number of alkyl halides is 2. The summed E-state index contributed by atoms with van der Waals surface area (Å²) < 4.78 is 37.4. The van der Waals surface area contributed by atoms with E-state index >= 15 is 0 Å². The predicted octanol–water partition coefficient (Wildman–Crippen LogP) is 3.34. The van der Waals surface area contributed by atoms with Crippen molar-refractivity contribution in [2.75, 3.05) is 20.2 Å². The molecule has 0 saturated carbocycles. The van der Waals surface area contributed by atoms with Gasteiger partial charge in [0.1, 0.15) is 0 Å². The maximum Gasteiger partial charge on any atom is 0.387 e. The molecule has 0 bridgehead atoms. The highest BCUT2D eigenvalue weighted by atomic mass is 127. The summed E-state index contributed by atoms with van der Waals surface area (Å²) in [5.41, 5.74) is 1.73. The number of guanidine groups is 1. The van der Waals surface area contributed by atoms with Gasteiger partial charge in [-0.3, -0.25) is 9.67 Å². The zero-order valence-corrected chi connectivity index (χ0v) is 19.2. The van der Waals surface area contributed by atoms with Crippen LogP contribution in [0.5, 0.6) is 11.5 Å². The van der Waals surface area contributed by atoms with Gasteiger partial charge in [-0.25, -0.2) is 0 Å². The number of nitrogens with one attached hydrogen (secondary N) is 2. The second-order valence-corrected chi connectivity index (χ2v) is 6.03. The van der Waals surface area contributed by atoms with Crippen LogP contribution in [0.2, 0.25) is 0 Å². The van der Waals surface area contributed by atoms with Crippen LogP contribution in [-0.2, 0) is 20.0 Å². The Morgan fingerprint density at radius 2 is 2.10 bits per heavy atom. The second-order valence-electron chi connectivity index (χ2n) is 6.03. The zero-order valence-electron chi connectivity index (χ0n) is 16.8. The third-order valence-electron chi connectivity index (χ3n) is 3.93. The molecule has 1 heterocycles. The standard InChI is InChI=1S/C19H27F2N5O2.HI/c1-4-27-16-9-5-8-15(17(16)28-18(20)21)12-24-19(22-2)23-10-6-7-14-11-25-26(3)13-14;/h5,8-9,11,13,18H,4,6-7,10,12H2,1-3H3,(H2,22,23,24);1H. The quantitative estimate of drug-likeness (QED) is 0.217. The summed E-state index contributed by atoms with van der Waals surface area (Å²) in [5, 5.41) is 10.5. The molecule has 0 aliphatic rings. The molecule has 0 spiro atoms. The summed E-state index contributed by atoms with van der Waals surface area (Å²) in [5.74, 6) is 0.913. The number of hydrogen-bond donors (Lipinski definition) is 2. The van der Waals surface area contributed by atoms with E-state index in [4.69, 9.17) is 4.74 Å². The van der Waals surface area contributed by atoms with Gasteiger partial charge in [-0.05, 0) is 31.4 Å². The highest BCUT2D eigenvalue weighted by molar-refractivity contribution is 14.0. The summed E-state index contributed by atoms with van der Waals surface area (Å²) in [6.07, 6.45) is 5.65. The van der Waals surface area contributed by atoms with Gasteiger partial charge in [0.05, 0.1) is 12.8 Å². The molecule has 10 heteroatoms. The maximum absolute atomic E-state index is 12.8. The highest BCUT2D eigenvalue weighted by Gasteiger charge is 2.16. The molecule has 0 radical (unpaired) electrons. The molecule has 0 aliphatic heterocycles. The molecule has 0 atom stereocenters. The van der Waals surface area contributed by atoms with Gasteiger partial charge in [0.25, 0.3) is 0 Å². The monoisotopic (exact) mass is 523 g/mol. The van der Waals surface area contributed by atoms with Gasteiger partial charge in [0.2, 0.25) is 0 Å². The first kappa shape index (κ1) is 24.9. The van der Waals surface area contributed by atoms with E-state index in [1.807, 2.05) is 19.4 Å². The lowest BCUT2D eigenvalue weighted by molar-refractivity contribution is -0.0520. The summed E-state index contributed by atoms with van der Waals surface area (Å²) >= 11 is 0. The Labute approximate surface area is 186 Å². The van der Waals surface area contributed by atoms with Crippen molar-refractivity contribution in [1.29, 1.82) is 0 Å². The van der Waals surface area contributed by atoms with E-state index < -0.39 is 6.61 Å². The van der Waals surface area contributed by atoms with E-state index in [9.17, 15) is 8.78 Å². The van der Waals surface area contributed by atoms with E-state index in [1.165, 1.54) is 5.56 Å². The number of aliphatic imine (C=N–C) groups is 1. The SMILES string of the molecule is CCOc1cccc(CNC(=NC)NCCCc2cnn(C)c2)c1OC(F)F.I. The molecular weight excluding hydrogens is 495 g/mol. The van der Waals surface area contributed by atoms with Crippen LogP contribution in [-0.4, -0.2) is 42.6 Å². The zero-order chi connectivity index (χ0) is 20.4. The van der Waals surface area contributed by atoms with E-state index in [2.05, 4.69) is 25.5 Å². The third-order valence-corrected chi connectivity index (χ3v) is 3.93. The molecule has 2 aromatic rings. The Morgan fingerprint density at radius 1 is 1.31 bits per heavy atom. The van der Waals surface area contributed by atoms with Crippen LogP contribution in [0.3, 0.4) is 0 Å². The van der Waals surface area contributed by atoms with Crippen LogP contribution in [0.15, 0.2) is 35.6 Å². The topological polar surface area (TPSA) is 72.7 Å². The third kappa shape index (κ3) is 8.42. The first-order valence-corrected chi connectivity index (χ1v) is 9.15. The molecule has 162 valence electrons. The van der Waals surface area contributed by atoms with E-state index in [1.54, 1.807) is 36.9 Å². The molecule has 2 rings (SSSR count). The number of nitrogens with zero attached hydrogens (tertiary/aromatic N) is 3. The van der Waals surface area contributed by atoms with Crippen LogP contribution in [0, 0.1) is 0 Å². The Bertz CT molecular complexity index is 771. The molecule has 0 saturated heterocycles. The minimum absolute atomic E-state index is 0. The number of hydrogen-bond acceptors (Lipinski definition) is 4. The van der Waals surface area contributed by atoms with Crippen molar-refractivity contribution in [3.63, 3.8) is 0 Å². The average molecular weight is 523 g/mol. The average Bonchev–Trinajstić information content (AvgIpc) is 3.08. The van der Waals surface area contributed by atoms with Crippen molar-refractivity contribution in [3.8, 4) is 11.5 Å². The number of benzene rings is 1. The number of aryl methyl sites for hydroxylation is 2. The van der Waals surface area contributed by atoms with Gasteiger partial charge in [-0.2, -0.15) is 13.9 Å². The lowest BCUT2D eigenvalue weighted by atomic mass is 10.2. The largest absolute Gasteiger partial charge is 0.490 e. The maximum atomic E-state index is 12.8. The summed E-state index contributed by atoms with van der Waals surface area (Å²) in [6, 6.07) is 5.06. The van der Waals surface area contributed by atoms with Gasteiger partial charge < -0.3 is 20.1 Å². The van der Waals surface area contributed by atoms with Crippen LogP contribution in [0.4, 0.5) is 8.78 Å². The second kappa shape index (κ2) is 13.2. The van der Waals surface area contributed by atoms with Gasteiger partial charge in [-0.1, -0.05) is 12.1 Å². The van der Waals surface area contributed by atoms with Crippen molar-refractivity contribution in [3.05, 3.63) is 41.7 Å². The minimum Gasteiger partial charge on any atom is -0.490 e. The molecular formula is C19H28F2IN5O2. The number of ether oxygens (including phenoxy) is 2. The smallest absolute Gasteiger partial charge is 0.387 e. The Balaban J connectivity index is 0.00000420. The van der Waals surface area contributed by atoms with E-state index in [0.29, 0.717) is 30.4 Å². The van der Waals surface area contributed by atoms with Gasteiger partial charge in [0.15, 0.2) is 17.5 Å². The molecule has 0 fully saturated rings. The van der Waals surface area contributed by atoms with E-state index in [-0.39, 0.29) is 36.3 Å². The van der Waals surface area contributed by atoms with Crippen molar-refractivity contribution < 1.29 is 18.3 Å². The van der Waals surface area contributed by atoms with Crippen LogP contribution >= 0.6 is 24.0 Å². The van der Waals surface area contributed by atoms with Gasteiger partial charge in [-0.15, -0.1) is 24.0 Å². The molecule has 1 aromatic carbocycles. The Kier molecular flexibility index (Phi) is 11.3. The summed E-state index contributed by atoms with van der Waals surface area (Å²) in [6.45, 7) is 0.203. The molecule has 7 nitrogen and oxygen atoms in total. The fourth-order valence-electron chi connectivity index (χ4n) is 2.69. The molecule has 2 N–H and O–H groups in total. The lowest BCUT2D eigenvalue weighted by Crippen LogP contribution is -2.37. The van der Waals surface area contributed by atoms with Gasteiger partial charge in [0, 0.05) is 38.9 Å². The first-order chi connectivity index (χ1) is 13.5. The number of aromatic nitrogens is 2. The van der Waals surface area contributed by atoms with E-state index in [0.717, 1.165) is 12.8 Å². The molecule has 0 unspecified atom stereocenters. The number of para-hydroxylation sites is 1. The van der Waals surface area contributed by atoms with Crippen molar-refractivity contribution >= 4 is 29.9 Å². The summed E-state index contributed by atoms with van der Waals surface area (Å²) in [7, 11) is 3.55. The first-order valence-electron chi connectivity index (χ1n) is 9.15. The highest BCUT2D eigenvalue weighted by Crippen LogP contribution is 2.32. The fraction of sp³-hybridized carbons (Fsp3) is 0.474. The minimum atomic E-state index is -2.93.